The van der Waals surface area contributed by atoms with Crippen molar-refractivity contribution in [3.05, 3.63) is 77.9 Å². The van der Waals surface area contributed by atoms with E-state index in [9.17, 15) is 9.59 Å². The summed E-state index contributed by atoms with van der Waals surface area (Å²) in [4.78, 5) is 28.0. The number of allylic oxidation sites excluding steroid dienone is 1. The molecule has 1 fully saturated rings. The molecule has 0 unspecified atom stereocenters. The first-order valence-electron chi connectivity index (χ1n) is 11.0. The predicted molar refractivity (Wildman–Crippen MR) is 121 cm³/mol. The van der Waals surface area contributed by atoms with Crippen molar-refractivity contribution in [3.63, 3.8) is 0 Å². The first-order chi connectivity index (χ1) is 15.5. The van der Waals surface area contributed by atoms with Gasteiger partial charge < -0.3 is 9.47 Å². The Morgan fingerprint density at radius 2 is 1.62 bits per heavy atom. The molecular weight excluding hydrogens is 404 g/mol. The number of esters is 2. The summed E-state index contributed by atoms with van der Waals surface area (Å²) >= 11 is 0. The van der Waals surface area contributed by atoms with E-state index in [0.29, 0.717) is 13.1 Å². The highest BCUT2D eigenvalue weighted by Crippen LogP contribution is 2.37. The maximum absolute atomic E-state index is 12.0. The SMILES string of the molecule is CN1CCN(CCC2=CCc3c2cccc3-c2ccccc2)CC12OC(=O)C=CC(=O)O2. The standard InChI is InChI=1S/C26H26N2O4/c1-27-16-17-28(18-26(27)31-24(29)12-13-25(30)32-26)15-14-20-10-11-23-21(8-5-9-22(20)23)19-6-3-2-4-7-19/h2-10,12-13H,11,14-18H2,1H3. The number of rotatable bonds is 4. The Morgan fingerprint density at radius 3 is 2.38 bits per heavy atom. The highest BCUT2D eigenvalue weighted by atomic mass is 16.8. The van der Waals surface area contributed by atoms with Crippen molar-refractivity contribution >= 4 is 17.5 Å². The van der Waals surface area contributed by atoms with E-state index in [0.717, 1.165) is 38.1 Å². The summed E-state index contributed by atoms with van der Waals surface area (Å²) in [7, 11) is 1.81. The number of carbonyl (C=O) groups is 2. The number of hydrogen-bond donors (Lipinski definition) is 0. The minimum absolute atomic E-state index is 0.326. The van der Waals surface area contributed by atoms with Crippen LogP contribution in [0.1, 0.15) is 17.5 Å². The zero-order chi connectivity index (χ0) is 22.1. The second-order valence-corrected chi connectivity index (χ2v) is 8.47. The largest absolute Gasteiger partial charge is 0.404 e. The Kier molecular flexibility index (Phi) is 5.41. The number of piperazine rings is 1. The number of carbonyl (C=O) groups excluding carboxylic acids is 2. The zero-order valence-corrected chi connectivity index (χ0v) is 18.1. The Balaban J connectivity index is 1.30. The third-order valence-electron chi connectivity index (χ3n) is 6.49. The summed E-state index contributed by atoms with van der Waals surface area (Å²) in [6.07, 6.45) is 6.37. The van der Waals surface area contributed by atoms with Gasteiger partial charge in [-0.15, -0.1) is 0 Å². The van der Waals surface area contributed by atoms with Gasteiger partial charge in [0.25, 0.3) is 0 Å². The van der Waals surface area contributed by atoms with Crippen molar-refractivity contribution in [2.24, 2.45) is 0 Å². The minimum atomic E-state index is -1.38. The molecule has 2 aliphatic heterocycles. The van der Waals surface area contributed by atoms with E-state index in [1.807, 2.05) is 13.1 Å². The summed E-state index contributed by atoms with van der Waals surface area (Å²) in [5, 5.41) is 0. The molecule has 1 spiro atoms. The molecule has 0 aromatic heterocycles. The third kappa shape index (κ3) is 3.87. The van der Waals surface area contributed by atoms with Gasteiger partial charge in [-0.05, 0) is 47.7 Å². The molecule has 6 nitrogen and oxygen atoms in total. The van der Waals surface area contributed by atoms with Crippen molar-refractivity contribution in [3.8, 4) is 11.1 Å². The summed E-state index contributed by atoms with van der Waals surface area (Å²) in [6.45, 7) is 2.56. The Bertz CT molecular complexity index is 1090. The normalized spacial score (nSPS) is 20.5. The van der Waals surface area contributed by atoms with Crippen molar-refractivity contribution in [2.45, 2.75) is 18.8 Å². The van der Waals surface area contributed by atoms with E-state index in [1.54, 1.807) is 4.90 Å². The molecule has 6 heteroatoms. The molecule has 0 bridgehead atoms. The molecule has 0 saturated carbocycles. The molecule has 0 radical (unpaired) electrons. The molecule has 0 atom stereocenters. The van der Waals surface area contributed by atoms with Crippen molar-refractivity contribution in [1.29, 1.82) is 0 Å². The second kappa shape index (κ2) is 8.37. The fourth-order valence-corrected chi connectivity index (χ4v) is 4.74. The smallest absolute Gasteiger partial charge is 0.335 e. The van der Waals surface area contributed by atoms with Crippen LogP contribution in [0.4, 0.5) is 0 Å². The van der Waals surface area contributed by atoms with Crippen LogP contribution in [0.15, 0.2) is 66.8 Å². The number of nitrogens with zero attached hydrogens (tertiary/aromatic N) is 2. The fourth-order valence-electron chi connectivity index (χ4n) is 4.74. The molecular formula is C26H26N2O4. The molecule has 1 aliphatic carbocycles. The van der Waals surface area contributed by atoms with Crippen LogP contribution in [-0.4, -0.2) is 60.9 Å². The maximum Gasteiger partial charge on any atom is 0.335 e. The zero-order valence-electron chi connectivity index (χ0n) is 18.1. The second-order valence-electron chi connectivity index (χ2n) is 8.47. The van der Waals surface area contributed by atoms with E-state index in [2.05, 4.69) is 53.4 Å². The van der Waals surface area contributed by atoms with Gasteiger partial charge in [0.05, 0.1) is 6.54 Å². The first kappa shape index (κ1) is 20.7. The molecule has 2 aromatic carbocycles. The molecule has 164 valence electrons. The van der Waals surface area contributed by atoms with Gasteiger partial charge in [-0.2, -0.15) is 0 Å². The summed E-state index contributed by atoms with van der Waals surface area (Å²) in [5.41, 5.74) is 6.55. The van der Waals surface area contributed by atoms with Crippen LogP contribution in [0, 0.1) is 0 Å². The lowest BCUT2D eigenvalue weighted by Gasteiger charge is -2.45. The van der Waals surface area contributed by atoms with E-state index in [-0.39, 0.29) is 0 Å². The Hall–Kier alpha value is -3.22. The first-order valence-corrected chi connectivity index (χ1v) is 11.0. The summed E-state index contributed by atoms with van der Waals surface area (Å²) in [6, 6.07) is 17.0. The van der Waals surface area contributed by atoms with Gasteiger partial charge in [-0.3, -0.25) is 4.90 Å². The van der Waals surface area contributed by atoms with Gasteiger partial charge in [-0.25, -0.2) is 14.5 Å². The Labute approximate surface area is 187 Å². The van der Waals surface area contributed by atoms with Gasteiger partial charge in [0, 0.05) is 31.8 Å². The lowest BCUT2D eigenvalue weighted by Crippen LogP contribution is -2.64. The van der Waals surface area contributed by atoms with Gasteiger partial charge in [-0.1, -0.05) is 54.6 Å². The topological polar surface area (TPSA) is 59.1 Å². The van der Waals surface area contributed by atoms with Crippen LogP contribution < -0.4 is 0 Å². The number of hydrogen-bond acceptors (Lipinski definition) is 6. The summed E-state index contributed by atoms with van der Waals surface area (Å²) in [5.74, 6) is -2.51. The molecule has 0 N–H and O–H groups in total. The van der Waals surface area contributed by atoms with Crippen LogP contribution in [0.5, 0.6) is 0 Å². The monoisotopic (exact) mass is 430 g/mol. The van der Waals surface area contributed by atoms with E-state index < -0.39 is 17.8 Å². The molecule has 5 rings (SSSR count). The molecule has 0 amide bonds. The van der Waals surface area contributed by atoms with Crippen LogP contribution in [-0.2, 0) is 25.5 Å². The number of benzene rings is 2. The van der Waals surface area contributed by atoms with Gasteiger partial charge in [0.2, 0.25) is 0 Å². The van der Waals surface area contributed by atoms with E-state index in [1.165, 1.54) is 27.8 Å². The molecule has 2 aromatic rings. The van der Waals surface area contributed by atoms with Crippen LogP contribution in [0.25, 0.3) is 16.7 Å². The summed E-state index contributed by atoms with van der Waals surface area (Å²) < 4.78 is 11.1. The third-order valence-corrected chi connectivity index (χ3v) is 6.49. The number of likely N-dealkylation sites (N-methyl/N-ethyl adjacent to an activating group) is 1. The van der Waals surface area contributed by atoms with Crippen LogP contribution >= 0.6 is 0 Å². The van der Waals surface area contributed by atoms with Gasteiger partial charge in [0.15, 0.2) is 0 Å². The van der Waals surface area contributed by atoms with E-state index >= 15 is 0 Å². The highest BCUT2D eigenvalue weighted by molar-refractivity contribution is 5.93. The average Bonchev–Trinajstić information content (AvgIpc) is 3.16. The van der Waals surface area contributed by atoms with Crippen molar-refractivity contribution in [1.82, 2.24) is 9.80 Å². The molecule has 32 heavy (non-hydrogen) atoms. The van der Waals surface area contributed by atoms with Crippen molar-refractivity contribution < 1.29 is 19.1 Å². The average molecular weight is 431 g/mol. The lowest BCUT2D eigenvalue weighted by atomic mass is 9.94. The quantitative estimate of drug-likeness (QED) is 0.694. The molecule has 1 saturated heterocycles. The number of ether oxygens (including phenoxy) is 2. The minimum Gasteiger partial charge on any atom is -0.404 e. The van der Waals surface area contributed by atoms with Crippen LogP contribution in [0.2, 0.25) is 0 Å². The maximum atomic E-state index is 12.0. The lowest BCUT2D eigenvalue weighted by molar-refractivity contribution is -0.294. The number of fused-ring (bicyclic) bond motifs is 1. The predicted octanol–water partition coefficient (Wildman–Crippen LogP) is 3.24. The molecule has 3 aliphatic rings. The van der Waals surface area contributed by atoms with E-state index in [4.69, 9.17) is 9.47 Å². The Morgan fingerprint density at radius 1 is 0.906 bits per heavy atom. The van der Waals surface area contributed by atoms with Crippen LogP contribution in [0.3, 0.4) is 0 Å². The highest BCUT2D eigenvalue weighted by Gasteiger charge is 2.47. The van der Waals surface area contributed by atoms with Gasteiger partial charge >= 0.3 is 17.8 Å². The van der Waals surface area contributed by atoms with Gasteiger partial charge in [0.1, 0.15) is 0 Å². The fraction of sp³-hybridized carbons (Fsp3) is 0.308. The van der Waals surface area contributed by atoms with Crippen molar-refractivity contribution in [2.75, 3.05) is 33.2 Å². The molecule has 2 heterocycles.